The molecule has 0 saturated carbocycles. The Bertz CT molecular complexity index is 132. The first kappa shape index (κ1) is 10.1. The van der Waals surface area contributed by atoms with E-state index in [2.05, 4.69) is 16.1 Å². The van der Waals surface area contributed by atoms with Crippen LogP contribution in [0.5, 0.6) is 0 Å². The standard InChI is InChI=1S/C7H12O4/c1-3-4-5-11-7(9)6(8)10-2/h3,7,9H,1,4-5H2,2H3/t7-/m1/s1. The van der Waals surface area contributed by atoms with E-state index >= 15 is 0 Å². The predicted octanol–water partition coefficient (Wildman–Crippen LogP) is 0.0705. The van der Waals surface area contributed by atoms with Gasteiger partial charge in [-0.05, 0) is 6.42 Å². The summed E-state index contributed by atoms with van der Waals surface area (Å²) >= 11 is 0. The molecule has 1 atom stereocenters. The highest BCUT2D eigenvalue weighted by Gasteiger charge is 2.14. The largest absolute Gasteiger partial charge is 0.465 e. The third kappa shape index (κ3) is 4.52. The maximum atomic E-state index is 10.5. The van der Waals surface area contributed by atoms with Gasteiger partial charge in [0.15, 0.2) is 0 Å². The minimum absolute atomic E-state index is 0.264. The molecule has 0 unspecified atom stereocenters. The number of rotatable bonds is 5. The Kier molecular flexibility index (Phi) is 5.42. The quantitative estimate of drug-likeness (QED) is 0.267. The van der Waals surface area contributed by atoms with E-state index in [1.807, 2.05) is 0 Å². The van der Waals surface area contributed by atoms with Gasteiger partial charge in [-0.15, -0.1) is 6.58 Å². The molecule has 0 spiro atoms. The molecular formula is C7H12O4. The molecule has 0 aliphatic carbocycles. The molecular weight excluding hydrogens is 148 g/mol. The van der Waals surface area contributed by atoms with E-state index in [9.17, 15) is 4.79 Å². The van der Waals surface area contributed by atoms with Crippen LogP contribution in [-0.4, -0.2) is 31.1 Å². The predicted molar refractivity (Wildman–Crippen MR) is 38.8 cm³/mol. The second-order valence-corrected chi connectivity index (χ2v) is 1.82. The molecule has 0 aromatic carbocycles. The highest BCUT2D eigenvalue weighted by atomic mass is 16.6. The molecule has 0 rings (SSSR count). The number of aliphatic hydroxyl groups is 1. The molecule has 0 aliphatic rings. The molecule has 1 N–H and O–H groups in total. The maximum absolute atomic E-state index is 10.5. The number of carbonyl (C=O) groups excluding carboxylic acids is 1. The molecule has 0 fully saturated rings. The van der Waals surface area contributed by atoms with Crippen LogP contribution in [0.3, 0.4) is 0 Å². The molecule has 0 heterocycles. The molecule has 0 aliphatic heterocycles. The zero-order valence-corrected chi connectivity index (χ0v) is 6.45. The van der Waals surface area contributed by atoms with Crippen molar-refractivity contribution in [3.05, 3.63) is 12.7 Å². The summed E-state index contributed by atoms with van der Waals surface area (Å²) in [6.07, 6.45) is 0.748. The number of hydrogen-bond acceptors (Lipinski definition) is 4. The van der Waals surface area contributed by atoms with E-state index in [1.165, 1.54) is 7.11 Å². The topological polar surface area (TPSA) is 55.8 Å². The van der Waals surface area contributed by atoms with Crippen LogP contribution in [0.4, 0.5) is 0 Å². The van der Waals surface area contributed by atoms with E-state index in [0.29, 0.717) is 6.42 Å². The van der Waals surface area contributed by atoms with Crippen molar-refractivity contribution >= 4 is 5.97 Å². The number of esters is 1. The van der Waals surface area contributed by atoms with Crippen LogP contribution in [0.2, 0.25) is 0 Å². The van der Waals surface area contributed by atoms with Crippen molar-refractivity contribution < 1.29 is 19.4 Å². The van der Waals surface area contributed by atoms with Gasteiger partial charge in [0.2, 0.25) is 0 Å². The van der Waals surface area contributed by atoms with E-state index in [-0.39, 0.29) is 6.61 Å². The van der Waals surface area contributed by atoms with Gasteiger partial charge in [-0.3, -0.25) is 0 Å². The van der Waals surface area contributed by atoms with Crippen molar-refractivity contribution in [1.82, 2.24) is 0 Å². The van der Waals surface area contributed by atoms with Crippen molar-refractivity contribution in [3.8, 4) is 0 Å². The summed E-state index contributed by atoms with van der Waals surface area (Å²) in [5.74, 6) is -0.783. The van der Waals surface area contributed by atoms with Crippen molar-refractivity contribution in [2.45, 2.75) is 12.7 Å². The normalized spacial score (nSPS) is 12.2. The minimum atomic E-state index is -1.47. The van der Waals surface area contributed by atoms with Gasteiger partial charge in [0.05, 0.1) is 13.7 Å². The Labute approximate surface area is 65.4 Å². The molecule has 0 amide bonds. The van der Waals surface area contributed by atoms with Crippen LogP contribution in [0.1, 0.15) is 6.42 Å². The lowest BCUT2D eigenvalue weighted by Crippen LogP contribution is -2.25. The third-order valence-corrected chi connectivity index (χ3v) is 1.00. The van der Waals surface area contributed by atoms with Gasteiger partial charge in [0.1, 0.15) is 0 Å². The van der Waals surface area contributed by atoms with E-state index in [0.717, 1.165) is 0 Å². The van der Waals surface area contributed by atoms with Crippen LogP contribution in [0.15, 0.2) is 12.7 Å². The van der Waals surface area contributed by atoms with Gasteiger partial charge >= 0.3 is 5.97 Å². The van der Waals surface area contributed by atoms with Crippen molar-refractivity contribution in [2.75, 3.05) is 13.7 Å². The Balaban J connectivity index is 3.43. The molecule has 4 nitrogen and oxygen atoms in total. The monoisotopic (exact) mass is 160 g/mol. The van der Waals surface area contributed by atoms with Gasteiger partial charge < -0.3 is 14.6 Å². The number of hydrogen-bond donors (Lipinski definition) is 1. The Morgan fingerprint density at radius 2 is 2.45 bits per heavy atom. The molecule has 11 heavy (non-hydrogen) atoms. The van der Waals surface area contributed by atoms with Crippen LogP contribution in [-0.2, 0) is 14.3 Å². The lowest BCUT2D eigenvalue weighted by molar-refractivity contribution is -0.179. The third-order valence-electron chi connectivity index (χ3n) is 1.00. The second-order valence-electron chi connectivity index (χ2n) is 1.82. The smallest absolute Gasteiger partial charge is 0.363 e. The van der Waals surface area contributed by atoms with E-state index in [1.54, 1.807) is 6.08 Å². The summed E-state index contributed by atoms with van der Waals surface area (Å²) in [7, 11) is 1.18. The van der Waals surface area contributed by atoms with Gasteiger partial charge in [0, 0.05) is 0 Å². The van der Waals surface area contributed by atoms with Crippen molar-refractivity contribution in [3.63, 3.8) is 0 Å². The number of aliphatic hydroxyl groups excluding tert-OH is 1. The van der Waals surface area contributed by atoms with E-state index in [4.69, 9.17) is 5.11 Å². The zero-order chi connectivity index (χ0) is 8.69. The lowest BCUT2D eigenvalue weighted by Gasteiger charge is -2.07. The summed E-state index contributed by atoms with van der Waals surface area (Å²) in [5, 5.41) is 8.81. The highest BCUT2D eigenvalue weighted by Crippen LogP contribution is 1.92. The van der Waals surface area contributed by atoms with Crippen LogP contribution in [0.25, 0.3) is 0 Å². The average Bonchev–Trinajstić information content (AvgIpc) is 2.03. The molecule has 0 aromatic heterocycles. The number of methoxy groups -OCH3 is 1. The molecule has 0 bridgehead atoms. The summed E-state index contributed by atoms with van der Waals surface area (Å²) in [4.78, 5) is 10.5. The Morgan fingerprint density at radius 1 is 1.82 bits per heavy atom. The van der Waals surface area contributed by atoms with Gasteiger partial charge in [-0.2, -0.15) is 0 Å². The fourth-order valence-corrected chi connectivity index (χ4v) is 0.432. The molecule has 4 heteroatoms. The van der Waals surface area contributed by atoms with Crippen LogP contribution < -0.4 is 0 Å². The molecule has 0 aromatic rings. The SMILES string of the molecule is C=CCCO[C@@H](O)C(=O)OC. The summed E-state index contributed by atoms with van der Waals surface area (Å²) < 4.78 is 8.85. The maximum Gasteiger partial charge on any atom is 0.363 e. The highest BCUT2D eigenvalue weighted by molar-refractivity contribution is 5.72. The van der Waals surface area contributed by atoms with Gasteiger partial charge in [-0.25, -0.2) is 4.79 Å². The zero-order valence-electron chi connectivity index (χ0n) is 6.45. The molecule has 0 radical (unpaired) electrons. The van der Waals surface area contributed by atoms with Gasteiger partial charge in [0.25, 0.3) is 6.29 Å². The Hall–Kier alpha value is -0.870. The summed E-state index contributed by atoms with van der Waals surface area (Å²) in [6, 6.07) is 0. The van der Waals surface area contributed by atoms with E-state index < -0.39 is 12.3 Å². The van der Waals surface area contributed by atoms with Gasteiger partial charge in [-0.1, -0.05) is 6.08 Å². The first-order valence-electron chi connectivity index (χ1n) is 3.20. The average molecular weight is 160 g/mol. The van der Waals surface area contributed by atoms with Crippen LogP contribution in [0, 0.1) is 0 Å². The first-order chi connectivity index (χ1) is 5.22. The second kappa shape index (κ2) is 5.88. The minimum Gasteiger partial charge on any atom is -0.465 e. The summed E-state index contributed by atoms with van der Waals surface area (Å²) in [6.45, 7) is 3.71. The number of carbonyl (C=O) groups is 1. The number of ether oxygens (including phenoxy) is 2. The Morgan fingerprint density at radius 3 is 2.91 bits per heavy atom. The van der Waals surface area contributed by atoms with Crippen molar-refractivity contribution in [1.29, 1.82) is 0 Å². The fourth-order valence-electron chi connectivity index (χ4n) is 0.432. The fraction of sp³-hybridized carbons (Fsp3) is 0.571. The lowest BCUT2D eigenvalue weighted by atomic mass is 10.4. The summed E-state index contributed by atoms with van der Waals surface area (Å²) in [5.41, 5.74) is 0. The first-order valence-corrected chi connectivity index (χ1v) is 3.20. The van der Waals surface area contributed by atoms with Crippen LogP contribution >= 0.6 is 0 Å². The molecule has 64 valence electrons. The van der Waals surface area contributed by atoms with Crippen molar-refractivity contribution in [2.24, 2.45) is 0 Å². The molecule has 0 saturated heterocycles.